The van der Waals surface area contributed by atoms with Gasteiger partial charge in [0, 0.05) is 17.5 Å². The van der Waals surface area contributed by atoms with Crippen molar-refractivity contribution in [2.45, 2.75) is 25.7 Å². The zero-order valence-corrected chi connectivity index (χ0v) is 9.82. The molecule has 92 valence electrons. The fourth-order valence-corrected chi connectivity index (χ4v) is 2.14. The van der Waals surface area contributed by atoms with Crippen molar-refractivity contribution < 1.29 is 9.84 Å². The van der Waals surface area contributed by atoms with Crippen LogP contribution in [-0.4, -0.2) is 25.5 Å². The van der Waals surface area contributed by atoms with E-state index < -0.39 is 6.29 Å². The Morgan fingerprint density at radius 3 is 2.50 bits per heavy atom. The molecule has 3 rings (SSSR count). The van der Waals surface area contributed by atoms with Crippen LogP contribution in [0, 0.1) is 6.92 Å². The lowest BCUT2D eigenvalue weighted by Crippen LogP contribution is -2.21. The summed E-state index contributed by atoms with van der Waals surface area (Å²) in [5.41, 5.74) is 3.56. The summed E-state index contributed by atoms with van der Waals surface area (Å²) in [4.78, 5) is 0. The molecule has 0 aromatic carbocycles. The van der Waals surface area contributed by atoms with Gasteiger partial charge >= 0.3 is 0 Å². The zero-order chi connectivity index (χ0) is 12.5. The summed E-state index contributed by atoms with van der Waals surface area (Å²) in [6.07, 6.45) is 6.01. The van der Waals surface area contributed by atoms with Crippen LogP contribution in [0.3, 0.4) is 0 Å². The normalized spacial score (nSPS) is 22.6. The molecular weight excluding hydrogens is 232 g/mol. The Kier molecular flexibility index (Phi) is 2.73. The van der Waals surface area contributed by atoms with Crippen LogP contribution in [0.1, 0.15) is 34.6 Å². The summed E-state index contributed by atoms with van der Waals surface area (Å²) in [5.74, 6) is 0. The molecule has 0 aliphatic carbocycles. The number of aliphatic hydroxyl groups is 1. The molecule has 1 aliphatic rings. The van der Waals surface area contributed by atoms with E-state index in [9.17, 15) is 5.11 Å². The van der Waals surface area contributed by atoms with Crippen molar-refractivity contribution in [3.63, 3.8) is 0 Å². The zero-order valence-electron chi connectivity index (χ0n) is 9.82. The number of ether oxygens (including phenoxy) is 1. The van der Waals surface area contributed by atoms with Crippen LogP contribution in [0.5, 0.6) is 0 Å². The molecule has 2 aromatic rings. The monoisotopic (exact) mass is 244 g/mol. The summed E-state index contributed by atoms with van der Waals surface area (Å²) < 4.78 is 5.60. The number of aromatic nitrogens is 4. The van der Waals surface area contributed by atoms with E-state index in [0.717, 1.165) is 16.7 Å². The quantitative estimate of drug-likeness (QED) is 0.802. The van der Waals surface area contributed by atoms with Gasteiger partial charge in [-0.2, -0.15) is 20.4 Å². The van der Waals surface area contributed by atoms with E-state index >= 15 is 0 Å². The van der Waals surface area contributed by atoms with E-state index in [4.69, 9.17) is 4.74 Å². The third kappa shape index (κ3) is 1.85. The lowest BCUT2D eigenvalue weighted by Gasteiger charge is -2.29. The van der Waals surface area contributed by atoms with Crippen LogP contribution in [-0.2, 0) is 11.2 Å². The summed E-state index contributed by atoms with van der Waals surface area (Å²) >= 11 is 0. The molecule has 2 aromatic heterocycles. The summed E-state index contributed by atoms with van der Waals surface area (Å²) in [5, 5.41) is 25.2. The summed E-state index contributed by atoms with van der Waals surface area (Å²) in [6.45, 7) is 1.94. The molecule has 0 bridgehead atoms. The predicted molar refractivity (Wildman–Crippen MR) is 61.3 cm³/mol. The number of aryl methyl sites for hydroxylation is 1. The first kappa shape index (κ1) is 11.2. The molecule has 0 saturated carbocycles. The Morgan fingerprint density at radius 1 is 1.06 bits per heavy atom. The topological polar surface area (TPSA) is 81.0 Å². The number of hydrogen-bond donors (Lipinski definition) is 1. The van der Waals surface area contributed by atoms with E-state index in [1.807, 2.05) is 6.92 Å². The van der Waals surface area contributed by atoms with Gasteiger partial charge in [-0.05, 0) is 18.1 Å². The fourth-order valence-electron chi connectivity index (χ4n) is 2.14. The third-order valence-electron chi connectivity index (χ3n) is 3.13. The molecule has 0 amide bonds. The Hall–Kier alpha value is -1.92. The first-order valence-corrected chi connectivity index (χ1v) is 5.66. The van der Waals surface area contributed by atoms with Gasteiger partial charge in [0.15, 0.2) is 6.29 Å². The van der Waals surface area contributed by atoms with Crippen LogP contribution in [0.15, 0.2) is 24.8 Å². The Labute approximate surface area is 104 Å². The van der Waals surface area contributed by atoms with Gasteiger partial charge in [0.2, 0.25) is 0 Å². The highest BCUT2D eigenvalue weighted by Crippen LogP contribution is 2.35. The van der Waals surface area contributed by atoms with Gasteiger partial charge in [-0.3, -0.25) is 0 Å². The van der Waals surface area contributed by atoms with Crippen LogP contribution >= 0.6 is 0 Å². The maximum Gasteiger partial charge on any atom is 0.183 e. The summed E-state index contributed by atoms with van der Waals surface area (Å²) in [6, 6.07) is 0. The minimum Gasteiger partial charge on any atom is -0.364 e. The van der Waals surface area contributed by atoms with Crippen molar-refractivity contribution in [3.05, 3.63) is 47.0 Å². The molecule has 3 heterocycles. The van der Waals surface area contributed by atoms with Gasteiger partial charge in [-0.15, -0.1) is 0 Å². The summed E-state index contributed by atoms with van der Waals surface area (Å²) in [7, 11) is 0. The smallest absolute Gasteiger partial charge is 0.183 e. The van der Waals surface area contributed by atoms with Crippen molar-refractivity contribution in [3.8, 4) is 0 Å². The first-order valence-electron chi connectivity index (χ1n) is 5.66. The maximum absolute atomic E-state index is 9.96. The molecule has 18 heavy (non-hydrogen) atoms. The highest BCUT2D eigenvalue weighted by atomic mass is 16.6. The average molecular weight is 244 g/mol. The van der Waals surface area contributed by atoms with Gasteiger partial charge in [0.1, 0.15) is 0 Å². The van der Waals surface area contributed by atoms with E-state index in [1.54, 1.807) is 18.6 Å². The maximum atomic E-state index is 9.96. The largest absolute Gasteiger partial charge is 0.364 e. The second-order valence-electron chi connectivity index (χ2n) is 4.28. The van der Waals surface area contributed by atoms with E-state index in [2.05, 4.69) is 20.4 Å². The second kappa shape index (κ2) is 4.40. The van der Waals surface area contributed by atoms with Crippen LogP contribution in [0.4, 0.5) is 0 Å². The fraction of sp³-hybridized carbons (Fsp3) is 0.333. The molecule has 0 fully saturated rings. The minimum absolute atomic E-state index is 0.229. The predicted octanol–water partition coefficient (Wildman–Crippen LogP) is 0.880. The highest BCUT2D eigenvalue weighted by molar-refractivity contribution is 5.30. The highest BCUT2D eigenvalue weighted by Gasteiger charge is 2.28. The molecular formula is C12H12N4O2. The van der Waals surface area contributed by atoms with Crippen molar-refractivity contribution >= 4 is 0 Å². The molecule has 0 radical (unpaired) electrons. The van der Waals surface area contributed by atoms with Crippen LogP contribution < -0.4 is 0 Å². The number of fused-ring (bicyclic) bond motifs is 1. The van der Waals surface area contributed by atoms with E-state index in [-0.39, 0.29) is 6.10 Å². The van der Waals surface area contributed by atoms with Gasteiger partial charge in [-0.25, -0.2) is 0 Å². The minimum atomic E-state index is -0.971. The number of hydrogen-bond acceptors (Lipinski definition) is 6. The van der Waals surface area contributed by atoms with Crippen molar-refractivity contribution in [2.75, 3.05) is 0 Å². The molecule has 2 atom stereocenters. The van der Waals surface area contributed by atoms with Gasteiger partial charge < -0.3 is 9.84 Å². The van der Waals surface area contributed by atoms with E-state index in [0.29, 0.717) is 12.0 Å². The average Bonchev–Trinajstić information content (AvgIpc) is 2.39. The lowest BCUT2D eigenvalue weighted by atomic mass is 9.96. The van der Waals surface area contributed by atoms with Crippen molar-refractivity contribution in [2.24, 2.45) is 0 Å². The van der Waals surface area contributed by atoms with Crippen LogP contribution in [0.2, 0.25) is 0 Å². The van der Waals surface area contributed by atoms with Gasteiger partial charge in [0.05, 0.1) is 30.9 Å². The van der Waals surface area contributed by atoms with Crippen molar-refractivity contribution in [1.82, 2.24) is 20.4 Å². The van der Waals surface area contributed by atoms with Crippen molar-refractivity contribution in [1.29, 1.82) is 0 Å². The first-order chi connectivity index (χ1) is 8.75. The molecule has 0 saturated heterocycles. The SMILES string of the molecule is Cc1cnncc1C1Cc2cnncc2C(O)O1. The number of nitrogens with zero attached hydrogens (tertiary/aromatic N) is 4. The second-order valence-corrected chi connectivity index (χ2v) is 4.28. The molecule has 6 nitrogen and oxygen atoms in total. The van der Waals surface area contributed by atoms with Crippen LogP contribution in [0.25, 0.3) is 0 Å². The Bertz CT molecular complexity index is 576. The molecule has 1 N–H and O–H groups in total. The van der Waals surface area contributed by atoms with Gasteiger partial charge in [0.25, 0.3) is 0 Å². The standard InChI is InChI=1S/C12H12N4O2/c1-7-3-13-15-5-9(7)11-2-8-4-14-16-6-10(8)12(17)18-11/h3-6,11-12,17H,2H2,1H3. The Balaban J connectivity index is 1.97. The number of rotatable bonds is 1. The third-order valence-corrected chi connectivity index (χ3v) is 3.13. The number of aliphatic hydroxyl groups excluding tert-OH is 1. The molecule has 2 unspecified atom stereocenters. The van der Waals surface area contributed by atoms with E-state index in [1.165, 1.54) is 6.20 Å². The molecule has 6 heteroatoms. The van der Waals surface area contributed by atoms with Gasteiger partial charge in [-0.1, -0.05) is 0 Å². The lowest BCUT2D eigenvalue weighted by molar-refractivity contribution is -0.151. The Morgan fingerprint density at radius 2 is 1.72 bits per heavy atom. The molecule has 0 spiro atoms. The molecule has 1 aliphatic heterocycles.